The van der Waals surface area contributed by atoms with E-state index in [1.54, 1.807) is 71.3 Å². The normalized spacial score (nSPS) is 17.9. The van der Waals surface area contributed by atoms with Gasteiger partial charge in [0.25, 0.3) is 0 Å². The number of nitrogens with zero attached hydrogens (tertiary/aromatic N) is 3. The highest BCUT2D eigenvalue weighted by Gasteiger charge is 2.23. The fourth-order valence-corrected chi connectivity index (χ4v) is 6.53. The molecule has 55 heavy (non-hydrogen) atoms. The predicted molar refractivity (Wildman–Crippen MR) is 230 cm³/mol. The van der Waals surface area contributed by atoms with Crippen molar-refractivity contribution < 1.29 is 31.2 Å². The SMILES string of the molecule is [2H]c1nc(-c2cc(-c3cccc4c3nc(-c3ccccc3O)n4-c3ccc(-c4ccccc4)c(C([2H])([2H])[2H])c3)cc(C(C)(C)C)c2)c([2H])c(-c2c([2H])c([2H])c(C(C([2H])([2H])[2H])(C([2H])([2H])[2H])C([2H])([2H])[2H])c([2H])c2[2H])c1[2H]. The molecule has 0 spiro atoms. The van der Waals surface area contributed by atoms with Crippen LogP contribution in [0.25, 0.3) is 72.7 Å². The number of imidazole rings is 1. The van der Waals surface area contributed by atoms with Crippen LogP contribution in [0.4, 0.5) is 0 Å². The molecule has 4 heteroatoms. The lowest BCUT2D eigenvalue weighted by molar-refractivity contribution is 0.477. The Kier molecular flexibility index (Phi) is 5.01. The maximum absolute atomic E-state index is 11.3. The van der Waals surface area contributed by atoms with Gasteiger partial charge in [0.2, 0.25) is 0 Å². The monoisotopic (exact) mass is 736 g/mol. The van der Waals surface area contributed by atoms with Gasteiger partial charge in [-0.2, -0.15) is 0 Å². The number of benzene rings is 6. The van der Waals surface area contributed by atoms with Gasteiger partial charge in [-0.1, -0.05) is 132 Å². The number of hydrogen-bond donors (Lipinski definition) is 1. The molecule has 0 bridgehead atoms. The maximum atomic E-state index is 11.3. The molecular weight excluding hydrogens is 671 g/mol. The lowest BCUT2D eigenvalue weighted by Crippen LogP contribution is -2.11. The Bertz CT molecular complexity index is 3470. The minimum atomic E-state index is -3.94. The molecule has 0 fully saturated rings. The summed E-state index contributed by atoms with van der Waals surface area (Å²) in [7, 11) is 0. The average molecular weight is 737 g/mol. The quantitative estimate of drug-likeness (QED) is 0.185. The molecule has 0 saturated carbocycles. The van der Waals surface area contributed by atoms with Crippen LogP contribution in [0, 0.1) is 6.85 Å². The number of phenols is 1. The first kappa shape index (κ1) is 19.9. The second-order valence-electron chi connectivity index (χ2n) is 14.3. The molecule has 0 atom stereocenters. The molecule has 0 aliphatic carbocycles. The number of aromatic hydroxyl groups is 1. The molecule has 0 aliphatic rings. The first-order valence-corrected chi connectivity index (χ1v) is 17.5. The van der Waals surface area contributed by atoms with E-state index in [-0.39, 0.29) is 28.4 Å². The second kappa shape index (κ2) is 13.9. The zero-order valence-corrected chi connectivity index (χ0v) is 30.2. The minimum absolute atomic E-state index is 0.0781. The van der Waals surface area contributed by atoms with Crippen LogP contribution in [0.5, 0.6) is 5.75 Å². The number of pyridine rings is 1. The van der Waals surface area contributed by atoms with E-state index >= 15 is 0 Å². The number of aryl methyl sites for hydroxylation is 1. The Morgan fingerprint density at radius 2 is 1.36 bits per heavy atom. The molecule has 6 aromatic carbocycles. The van der Waals surface area contributed by atoms with Gasteiger partial charge in [-0.15, -0.1) is 0 Å². The van der Waals surface area contributed by atoms with Crippen molar-refractivity contribution >= 4 is 11.0 Å². The highest BCUT2D eigenvalue weighted by molar-refractivity contribution is 5.97. The van der Waals surface area contributed by atoms with Gasteiger partial charge < -0.3 is 5.11 Å². The van der Waals surface area contributed by atoms with Crippen molar-refractivity contribution in [2.75, 3.05) is 0 Å². The highest BCUT2D eigenvalue weighted by Crippen LogP contribution is 2.40. The Morgan fingerprint density at radius 3 is 2.11 bits per heavy atom. The van der Waals surface area contributed by atoms with Crippen molar-refractivity contribution in [1.29, 1.82) is 0 Å². The van der Waals surface area contributed by atoms with E-state index in [4.69, 9.17) is 29.7 Å². The van der Waals surface area contributed by atoms with E-state index in [0.717, 1.165) is 0 Å². The van der Waals surface area contributed by atoms with Crippen molar-refractivity contribution in [2.24, 2.45) is 0 Å². The molecule has 0 amide bonds. The molecule has 4 nitrogen and oxygen atoms in total. The molecule has 0 saturated heterocycles. The van der Waals surface area contributed by atoms with Crippen molar-refractivity contribution in [3.05, 3.63) is 168 Å². The summed E-state index contributed by atoms with van der Waals surface area (Å²) in [6.07, 6.45) is -0.765. The van der Waals surface area contributed by atoms with E-state index < -0.39 is 97.4 Å². The number of aromatic nitrogens is 3. The van der Waals surface area contributed by atoms with E-state index in [9.17, 15) is 6.48 Å². The van der Waals surface area contributed by atoms with Gasteiger partial charge in [-0.05, 0) is 117 Å². The molecule has 2 aromatic heterocycles. The zero-order valence-electron chi connectivity index (χ0n) is 49.2. The van der Waals surface area contributed by atoms with Crippen molar-refractivity contribution in [1.82, 2.24) is 14.5 Å². The Labute approximate surface area is 351 Å². The van der Waals surface area contributed by atoms with Gasteiger partial charge in [-0.3, -0.25) is 9.55 Å². The van der Waals surface area contributed by atoms with Crippen molar-refractivity contribution in [2.45, 2.75) is 59.0 Å². The van der Waals surface area contributed by atoms with Crippen molar-refractivity contribution in [3.8, 4) is 67.5 Å². The molecule has 8 rings (SSSR count). The molecule has 0 unspecified atom stereocenters. The van der Waals surface area contributed by atoms with Crippen LogP contribution >= 0.6 is 0 Å². The Morgan fingerprint density at radius 1 is 0.618 bits per heavy atom. The topological polar surface area (TPSA) is 50.9 Å². The van der Waals surface area contributed by atoms with Gasteiger partial charge in [0.05, 0.1) is 31.9 Å². The average Bonchev–Trinajstić information content (AvgIpc) is 3.70. The fourth-order valence-electron chi connectivity index (χ4n) is 6.53. The molecule has 0 radical (unpaired) electrons. The smallest absolute Gasteiger partial charge is 0.149 e. The Hall–Kier alpha value is -6.26. The van der Waals surface area contributed by atoms with Crippen LogP contribution in [0.15, 0.2) is 152 Å². The second-order valence-corrected chi connectivity index (χ2v) is 14.3. The summed E-state index contributed by atoms with van der Waals surface area (Å²) in [5.74, 6) is 0.169. The van der Waals surface area contributed by atoms with Crippen molar-refractivity contribution in [3.63, 3.8) is 0 Å². The van der Waals surface area contributed by atoms with Gasteiger partial charge in [-0.25, -0.2) is 4.98 Å². The first-order valence-electron chi connectivity index (χ1n) is 27.0. The molecular formula is C51H47N3O. The first-order chi connectivity index (χ1) is 34.2. The number of phenolic OH excluding ortho intramolecular Hbond substituents is 1. The third-order valence-corrected chi connectivity index (χ3v) is 9.40. The molecule has 2 heterocycles. The van der Waals surface area contributed by atoms with E-state index in [1.807, 2.05) is 57.2 Å². The summed E-state index contributed by atoms with van der Waals surface area (Å²) in [6.45, 7) is -8.57. The summed E-state index contributed by atoms with van der Waals surface area (Å²) in [4.78, 5) is 9.47. The largest absolute Gasteiger partial charge is 0.507 e. The fraction of sp³-hybridized carbons (Fsp3) is 0.176. The third-order valence-electron chi connectivity index (χ3n) is 9.40. The van der Waals surface area contributed by atoms with Crippen LogP contribution in [-0.4, -0.2) is 19.6 Å². The lowest BCUT2D eigenvalue weighted by atomic mass is 9.83. The van der Waals surface area contributed by atoms with E-state index in [0.29, 0.717) is 50.1 Å². The third kappa shape index (κ3) is 6.97. The number of para-hydroxylation sites is 2. The number of rotatable bonds is 6. The molecule has 0 aliphatic heterocycles. The molecule has 8 aromatic rings. The molecule has 1 N–H and O–H groups in total. The lowest BCUT2D eigenvalue weighted by Gasteiger charge is -2.22. The van der Waals surface area contributed by atoms with Crippen LogP contribution in [0.1, 0.15) is 84.1 Å². The summed E-state index contributed by atoms with van der Waals surface area (Å²) >= 11 is 0. The van der Waals surface area contributed by atoms with Gasteiger partial charge >= 0.3 is 0 Å². The van der Waals surface area contributed by atoms with Crippen LogP contribution in [0.2, 0.25) is 0 Å². The standard InChI is InChI=1S/C51H47N3O/c1-33-28-41(24-25-42(33)35-14-9-8-10-15-35)54-46-18-13-17-43(48(46)53-49(54)44-16-11-12-19-47(44)55)37-29-38(31-40(30-37)51(5,6)7)45-32-36(26-27-52-45)34-20-22-39(23-21-34)50(2,3)4/h8-32,55H,1-7H3/i1D3,2D3,3D3,4D3,20D,21D,22D,23D,26D,27D,32D. The van der Waals surface area contributed by atoms with Crippen LogP contribution in [0.3, 0.4) is 0 Å². The van der Waals surface area contributed by atoms with Crippen LogP contribution in [-0.2, 0) is 10.8 Å². The van der Waals surface area contributed by atoms with Gasteiger partial charge in [0, 0.05) is 39.4 Å². The highest BCUT2D eigenvalue weighted by atomic mass is 16.3. The summed E-state index contributed by atoms with van der Waals surface area (Å²) in [5, 5.41) is 11.3. The van der Waals surface area contributed by atoms with Crippen LogP contribution < -0.4 is 0 Å². The number of hydrogen-bond acceptors (Lipinski definition) is 3. The van der Waals surface area contributed by atoms with E-state index in [1.165, 1.54) is 6.07 Å². The van der Waals surface area contributed by atoms with E-state index in [2.05, 4.69) is 4.98 Å². The number of fused-ring (bicyclic) bond motifs is 1. The summed E-state index contributed by atoms with van der Waals surface area (Å²) in [6, 6.07) is 24.9. The Balaban J connectivity index is 1.39. The van der Waals surface area contributed by atoms with Gasteiger partial charge in [0.1, 0.15) is 11.6 Å². The molecule has 272 valence electrons. The zero-order chi connectivity index (χ0) is 54.6. The predicted octanol–water partition coefficient (Wildman–Crippen LogP) is 13.4. The van der Waals surface area contributed by atoms with Gasteiger partial charge in [0.15, 0.2) is 0 Å². The summed E-state index contributed by atoms with van der Waals surface area (Å²) in [5.41, 5.74) is -2.79. The summed E-state index contributed by atoms with van der Waals surface area (Å²) < 4.78 is 165. The minimum Gasteiger partial charge on any atom is -0.507 e. The maximum Gasteiger partial charge on any atom is 0.149 e.